The third kappa shape index (κ3) is 5.45. The maximum absolute atomic E-state index is 8.99. The normalized spacial score (nSPS) is 10.9. The highest BCUT2D eigenvalue weighted by molar-refractivity contribution is 7.96. The van der Waals surface area contributed by atoms with Gasteiger partial charge in [-0.1, -0.05) is 36.2 Å². The number of rotatable bonds is 9. The molecule has 0 unspecified atom stereocenters. The Morgan fingerprint density at radius 1 is 1.11 bits per heavy atom. The molecular weight excluding hydrogens is 372 g/mol. The first-order chi connectivity index (χ1) is 13.7. The number of hydrogen-bond donors (Lipinski definition) is 2. The smallest absolute Gasteiger partial charge is 0.134 e. The van der Waals surface area contributed by atoms with Crippen LogP contribution in [0.25, 0.3) is 11.3 Å². The Hall–Kier alpha value is -2.61. The van der Waals surface area contributed by atoms with Crippen molar-refractivity contribution in [3.05, 3.63) is 66.5 Å². The van der Waals surface area contributed by atoms with Crippen LogP contribution in [0.1, 0.15) is 5.56 Å². The molecule has 146 valence electrons. The van der Waals surface area contributed by atoms with Gasteiger partial charge >= 0.3 is 0 Å². The maximum Gasteiger partial charge on any atom is 0.134 e. The minimum Gasteiger partial charge on any atom is -0.496 e. The van der Waals surface area contributed by atoms with E-state index >= 15 is 0 Å². The van der Waals surface area contributed by atoms with Gasteiger partial charge in [0.25, 0.3) is 0 Å². The summed E-state index contributed by atoms with van der Waals surface area (Å²) in [6.07, 6.45) is 1.55. The summed E-state index contributed by atoms with van der Waals surface area (Å²) in [6, 6.07) is 17.9. The number of ether oxygens (including phenoxy) is 1. The van der Waals surface area contributed by atoms with E-state index in [0.717, 1.165) is 34.3 Å². The molecule has 0 aliphatic rings. The zero-order chi connectivity index (χ0) is 19.8. The summed E-state index contributed by atoms with van der Waals surface area (Å²) in [5.74, 6) is 2.33. The van der Waals surface area contributed by atoms with Crippen molar-refractivity contribution in [1.82, 2.24) is 14.3 Å². The van der Waals surface area contributed by atoms with Crippen molar-refractivity contribution < 1.29 is 9.84 Å². The molecule has 6 nitrogen and oxygen atoms in total. The van der Waals surface area contributed by atoms with Gasteiger partial charge in [0.15, 0.2) is 0 Å². The highest BCUT2D eigenvalue weighted by atomic mass is 32.2. The van der Waals surface area contributed by atoms with E-state index in [0.29, 0.717) is 6.54 Å². The van der Waals surface area contributed by atoms with E-state index in [1.54, 1.807) is 25.4 Å². The quantitative estimate of drug-likeness (QED) is 0.530. The van der Waals surface area contributed by atoms with Crippen molar-refractivity contribution in [1.29, 1.82) is 0 Å². The van der Waals surface area contributed by atoms with Crippen LogP contribution >= 0.6 is 11.9 Å². The fraction of sp³-hybridized carbons (Fsp3) is 0.238. The molecule has 0 aliphatic heterocycles. The van der Waals surface area contributed by atoms with Gasteiger partial charge in [0.05, 0.1) is 19.4 Å². The van der Waals surface area contributed by atoms with Crippen molar-refractivity contribution in [2.75, 3.05) is 32.6 Å². The molecule has 1 heterocycles. The maximum atomic E-state index is 8.99. The summed E-state index contributed by atoms with van der Waals surface area (Å²) in [6.45, 7) is 0.808. The molecule has 0 aliphatic carbocycles. The van der Waals surface area contributed by atoms with Gasteiger partial charge in [0.2, 0.25) is 0 Å². The van der Waals surface area contributed by atoms with Gasteiger partial charge < -0.3 is 15.2 Å². The van der Waals surface area contributed by atoms with Gasteiger partial charge in [0, 0.05) is 29.6 Å². The van der Waals surface area contributed by atoms with Crippen molar-refractivity contribution >= 4 is 23.5 Å². The van der Waals surface area contributed by atoms with E-state index in [1.807, 2.05) is 53.8 Å². The molecule has 3 rings (SSSR count). The largest absolute Gasteiger partial charge is 0.496 e. The predicted octanol–water partition coefficient (Wildman–Crippen LogP) is 3.97. The number of nitrogens with zero attached hydrogens (tertiary/aromatic N) is 3. The van der Waals surface area contributed by atoms with Gasteiger partial charge in [-0.15, -0.1) is 0 Å². The number of aliphatic hydroxyl groups excluding tert-OH is 1. The Kier molecular flexibility index (Phi) is 7.25. The molecule has 0 radical (unpaired) electrons. The Labute approximate surface area is 169 Å². The number of benzene rings is 2. The summed E-state index contributed by atoms with van der Waals surface area (Å²) in [5, 5.41) is 12.3. The SMILES string of the molecule is COc1ccccc1-c1cc(Nc2cccc(CSN(C)CCO)c2)ncn1. The van der Waals surface area contributed by atoms with E-state index in [9.17, 15) is 0 Å². The van der Waals surface area contributed by atoms with Crippen molar-refractivity contribution in [2.24, 2.45) is 0 Å². The van der Waals surface area contributed by atoms with E-state index < -0.39 is 0 Å². The average Bonchev–Trinajstić information content (AvgIpc) is 2.73. The molecule has 0 spiro atoms. The van der Waals surface area contributed by atoms with Gasteiger partial charge in [-0.3, -0.25) is 4.31 Å². The zero-order valence-corrected chi connectivity index (χ0v) is 16.8. The Balaban J connectivity index is 1.73. The second-order valence-corrected chi connectivity index (χ2v) is 7.33. The molecule has 3 aromatic rings. The number of hydrogen-bond acceptors (Lipinski definition) is 7. The molecule has 1 aromatic heterocycles. The first-order valence-corrected chi connectivity index (χ1v) is 9.90. The van der Waals surface area contributed by atoms with Crippen molar-refractivity contribution in [3.63, 3.8) is 0 Å². The van der Waals surface area contributed by atoms with Crippen LogP contribution in [0.15, 0.2) is 60.9 Å². The zero-order valence-electron chi connectivity index (χ0n) is 16.0. The number of para-hydroxylation sites is 1. The van der Waals surface area contributed by atoms with Crippen LogP contribution < -0.4 is 10.1 Å². The molecule has 7 heteroatoms. The van der Waals surface area contributed by atoms with Crippen LogP contribution in [-0.2, 0) is 5.75 Å². The van der Waals surface area contributed by atoms with E-state index in [-0.39, 0.29) is 6.61 Å². The topological polar surface area (TPSA) is 70.5 Å². The lowest BCUT2D eigenvalue weighted by atomic mass is 10.1. The third-order valence-electron chi connectivity index (χ3n) is 4.12. The van der Waals surface area contributed by atoms with Crippen LogP contribution in [0.3, 0.4) is 0 Å². The first-order valence-electron chi connectivity index (χ1n) is 8.96. The van der Waals surface area contributed by atoms with Crippen LogP contribution in [0, 0.1) is 0 Å². The Morgan fingerprint density at radius 3 is 2.79 bits per heavy atom. The summed E-state index contributed by atoms with van der Waals surface area (Å²) in [5.41, 5.74) is 3.88. The predicted molar refractivity (Wildman–Crippen MR) is 115 cm³/mol. The molecule has 2 N–H and O–H groups in total. The van der Waals surface area contributed by atoms with Crippen molar-refractivity contribution in [2.45, 2.75) is 5.75 Å². The molecule has 0 amide bonds. The number of anilines is 2. The molecule has 0 atom stereocenters. The first kappa shape index (κ1) is 20.1. The molecule has 0 saturated carbocycles. The molecule has 0 bridgehead atoms. The molecular formula is C21H24N4O2S. The van der Waals surface area contributed by atoms with Gasteiger partial charge in [0.1, 0.15) is 17.9 Å². The highest BCUT2D eigenvalue weighted by Gasteiger charge is 2.08. The fourth-order valence-electron chi connectivity index (χ4n) is 2.71. The number of methoxy groups -OCH3 is 1. The second-order valence-electron chi connectivity index (χ2n) is 6.16. The standard InChI is InChI=1S/C21H24N4O2S/c1-25(10-11-26)28-14-16-6-5-7-17(12-16)24-21-13-19(22-15-23-21)18-8-3-4-9-20(18)27-2/h3-9,12-13,15,26H,10-11,14H2,1-2H3,(H,22,23,24). The van der Waals surface area contributed by atoms with Crippen LogP contribution in [0.4, 0.5) is 11.5 Å². The van der Waals surface area contributed by atoms with E-state index in [1.165, 1.54) is 5.56 Å². The van der Waals surface area contributed by atoms with E-state index in [2.05, 4.69) is 27.4 Å². The number of aromatic nitrogens is 2. The molecule has 2 aromatic carbocycles. The fourth-order valence-corrected chi connectivity index (χ4v) is 3.47. The van der Waals surface area contributed by atoms with Crippen LogP contribution in [0.5, 0.6) is 5.75 Å². The monoisotopic (exact) mass is 396 g/mol. The van der Waals surface area contributed by atoms with Gasteiger partial charge in [-0.2, -0.15) is 0 Å². The van der Waals surface area contributed by atoms with E-state index in [4.69, 9.17) is 9.84 Å². The van der Waals surface area contributed by atoms with Gasteiger partial charge in [-0.25, -0.2) is 9.97 Å². The summed E-state index contributed by atoms with van der Waals surface area (Å²) < 4.78 is 7.47. The number of nitrogens with one attached hydrogen (secondary N) is 1. The van der Waals surface area contributed by atoms with Crippen LogP contribution in [-0.4, -0.2) is 46.7 Å². The minimum absolute atomic E-state index is 0.160. The minimum atomic E-state index is 0.160. The lowest BCUT2D eigenvalue weighted by Gasteiger charge is -2.14. The summed E-state index contributed by atoms with van der Waals surface area (Å²) in [7, 11) is 3.63. The molecule has 28 heavy (non-hydrogen) atoms. The lowest BCUT2D eigenvalue weighted by Crippen LogP contribution is -2.14. The molecule has 0 saturated heterocycles. The Morgan fingerprint density at radius 2 is 1.96 bits per heavy atom. The highest BCUT2D eigenvalue weighted by Crippen LogP contribution is 2.29. The van der Waals surface area contributed by atoms with Crippen molar-refractivity contribution in [3.8, 4) is 17.0 Å². The average molecular weight is 397 g/mol. The number of likely N-dealkylation sites (N-methyl/N-ethyl adjacent to an activating group) is 1. The number of aliphatic hydroxyl groups is 1. The second kappa shape index (κ2) is 10.1. The Bertz CT molecular complexity index is 907. The lowest BCUT2D eigenvalue weighted by molar-refractivity contribution is 0.273. The molecule has 0 fully saturated rings. The summed E-state index contributed by atoms with van der Waals surface area (Å²) in [4.78, 5) is 8.72. The summed E-state index contributed by atoms with van der Waals surface area (Å²) >= 11 is 1.68. The van der Waals surface area contributed by atoms with Gasteiger partial charge in [-0.05, 0) is 36.9 Å². The van der Waals surface area contributed by atoms with Crippen LogP contribution in [0.2, 0.25) is 0 Å². The third-order valence-corrected chi connectivity index (χ3v) is 5.20.